The highest BCUT2D eigenvalue weighted by Crippen LogP contribution is 2.35. The number of ether oxygens (including phenoxy) is 2. The first-order valence-electron chi connectivity index (χ1n) is 11.0. The maximum Gasteiger partial charge on any atom is 0.243 e. The van der Waals surface area contributed by atoms with Crippen LogP contribution in [0.5, 0.6) is 11.5 Å². The van der Waals surface area contributed by atoms with Gasteiger partial charge in [-0.2, -0.15) is 4.31 Å². The van der Waals surface area contributed by atoms with Gasteiger partial charge in [0.15, 0.2) is 11.5 Å². The predicted molar refractivity (Wildman–Crippen MR) is 125 cm³/mol. The smallest absolute Gasteiger partial charge is 0.243 e. The normalized spacial score (nSPS) is 16.4. The summed E-state index contributed by atoms with van der Waals surface area (Å²) in [6.07, 6.45) is 1.72. The van der Waals surface area contributed by atoms with Gasteiger partial charge >= 0.3 is 0 Å². The highest BCUT2D eigenvalue weighted by molar-refractivity contribution is 7.89. The quantitative estimate of drug-likeness (QED) is 0.569. The van der Waals surface area contributed by atoms with Crippen molar-refractivity contribution >= 4 is 16.0 Å². The number of aromatic nitrogens is 2. The van der Waals surface area contributed by atoms with Crippen molar-refractivity contribution in [2.45, 2.75) is 24.7 Å². The lowest BCUT2D eigenvalue weighted by atomic mass is 10.0. The van der Waals surface area contributed by atoms with Crippen LogP contribution in [-0.4, -0.2) is 55.7 Å². The number of piperazine rings is 1. The van der Waals surface area contributed by atoms with Gasteiger partial charge in [0.25, 0.3) is 0 Å². The van der Waals surface area contributed by atoms with E-state index in [1.54, 1.807) is 18.3 Å². The molecule has 0 N–H and O–H groups in total. The summed E-state index contributed by atoms with van der Waals surface area (Å²) in [7, 11) is -3.53. The van der Waals surface area contributed by atoms with Crippen LogP contribution in [0.15, 0.2) is 59.6 Å². The van der Waals surface area contributed by atoms with E-state index in [2.05, 4.69) is 18.8 Å². The molecule has 1 saturated heterocycles. The zero-order chi connectivity index (χ0) is 23.0. The SMILES string of the molecule is CC(C)c1ccc(S(=O)(=O)N2CCN(c3nccc(-c4ccc5c(c4)OCO5)n3)CC2)cc1. The van der Waals surface area contributed by atoms with Gasteiger partial charge in [0, 0.05) is 37.9 Å². The van der Waals surface area contributed by atoms with Crippen molar-refractivity contribution < 1.29 is 17.9 Å². The fraction of sp³-hybridized carbons (Fsp3) is 0.333. The van der Waals surface area contributed by atoms with Gasteiger partial charge in [-0.15, -0.1) is 0 Å². The molecule has 0 atom stereocenters. The Labute approximate surface area is 193 Å². The monoisotopic (exact) mass is 466 g/mol. The Bertz CT molecular complexity index is 1250. The molecule has 33 heavy (non-hydrogen) atoms. The van der Waals surface area contributed by atoms with Crippen LogP contribution >= 0.6 is 0 Å². The van der Waals surface area contributed by atoms with Gasteiger partial charge < -0.3 is 14.4 Å². The second-order valence-electron chi connectivity index (χ2n) is 8.42. The molecule has 0 aliphatic carbocycles. The van der Waals surface area contributed by atoms with Crippen LogP contribution < -0.4 is 14.4 Å². The molecular weight excluding hydrogens is 440 g/mol. The third kappa shape index (κ3) is 4.26. The first-order chi connectivity index (χ1) is 15.9. The number of hydrogen-bond acceptors (Lipinski definition) is 7. The number of benzene rings is 2. The lowest BCUT2D eigenvalue weighted by Gasteiger charge is -2.34. The fourth-order valence-electron chi connectivity index (χ4n) is 4.02. The molecule has 2 aromatic carbocycles. The van der Waals surface area contributed by atoms with Gasteiger partial charge in [0.1, 0.15) is 0 Å². The van der Waals surface area contributed by atoms with Crippen molar-refractivity contribution in [1.29, 1.82) is 0 Å². The number of nitrogens with zero attached hydrogens (tertiary/aromatic N) is 4. The van der Waals surface area contributed by atoms with Crippen LogP contribution in [0.25, 0.3) is 11.3 Å². The van der Waals surface area contributed by atoms with Gasteiger partial charge in [-0.3, -0.25) is 0 Å². The Kier molecular flexibility index (Phi) is 5.67. The maximum absolute atomic E-state index is 13.1. The van der Waals surface area contributed by atoms with Crippen molar-refractivity contribution in [3.05, 3.63) is 60.3 Å². The van der Waals surface area contributed by atoms with E-state index in [-0.39, 0.29) is 6.79 Å². The Morgan fingerprint density at radius 1 is 0.909 bits per heavy atom. The lowest BCUT2D eigenvalue weighted by Crippen LogP contribution is -2.49. The molecular formula is C24H26N4O4S. The molecule has 0 radical (unpaired) electrons. The summed E-state index contributed by atoms with van der Waals surface area (Å²) in [5, 5.41) is 0. The van der Waals surface area contributed by atoms with Gasteiger partial charge in [0.2, 0.25) is 22.8 Å². The molecule has 0 saturated carbocycles. The van der Waals surface area contributed by atoms with E-state index in [1.165, 1.54) is 4.31 Å². The second-order valence-corrected chi connectivity index (χ2v) is 10.4. The van der Waals surface area contributed by atoms with Crippen molar-refractivity contribution in [3.63, 3.8) is 0 Å². The molecule has 0 unspecified atom stereocenters. The minimum Gasteiger partial charge on any atom is -0.454 e. The first-order valence-corrected chi connectivity index (χ1v) is 12.4. The van der Waals surface area contributed by atoms with Gasteiger partial charge in [-0.25, -0.2) is 18.4 Å². The summed E-state index contributed by atoms with van der Waals surface area (Å²) >= 11 is 0. The van der Waals surface area contributed by atoms with Crippen LogP contribution in [0.3, 0.4) is 0 Å². The number of hydrogen-bond donors (Lipinski definition) is 0. The topological polar surface area (TPSA) is 84.9 Å². The summed E-state index contributed by atoms with van der Waals surface area (Å²) in [5.41, 5.74) is 2.81. The van der Waals surface area contributed by atoms with Gasteiger partial charge in [-0.05, 0) is 47.9 Å². The highest BCUT2D eigenvalue weighted by Gasteiger charge is 2.29. The molecule has 0 amide bonds. The van der Waals surface area contributed by atoms with E-state index in [4.69, 9.17) is 14.5 Å². The lowest BCUT2D eigenvalue weighted by molar-refractivity contribution is 0.174. The maximum atomic E-state index is 13.1. The molecule has 2 aliphatic heterocycles. The van der Waals surface area contributed by atoms with E-state index >= 15 is 0 Å². The minimum atomic E-state index is -3.53. The number of sulfonamides is 1. The van der Waals surface area contributed by atoms with Crippen LogP contribution in [0.2, 0.25) is 0 Å². The summed E-state index contributed by atoms with van der Waals surface area (Å²) in [4.78, 5) is 11.5. The highest BCUT2D eigenvalue weighted by atomic mass is 32.2. The largest absolute Gasteiger partial charge is 0.454 e. The van der Waals surface area contributed by atoms with Crippen LogP contribution in [0.1, 0.15) is 25.3 Å². The molecule has 3 aromatic rings. The summed E-state index contributed by atoms with van der Waals surface area (Å²) in [5.74, 6) is 2.37. The standard InChI is InChI=1S/C24H26N4O4S/c1-17(2)18-3-6-20(7-4-18)33(29,30)28-13-11-27(12-14-28)24-25-10-9-21(26-24)19-5-8-22-23(15-19)32-16-31-22/h3-10,15,17H,11-14,16H2,1-2H3. The summed E-state index contributed by atoms with van der Waals surface area (Å²) in [6, 6.07) is 14.8. The van der Waals surface area contributed by atoms with Gasteiger partial charge in [0.05, 0.1) is 10.6 Å². The molecule has 1 aromatic heterocycles. The van der Waals surface area contributed by atoms with Crippen LogP contribution in [-0.2, 0) is 10.0 Å². The van der Waals surface area contributed by atoms with Crippen molar-refractivity contribution in [2.24, 2.45) is 0 Å². The zero-order valence-corrected chi connectivity index (χ0v) is 19.5. The molecule has 1 fully saturated rings. The van der Waals surface area contributed by atoms with E-state index in [9.17, 15) is 8.42 Å². The second kappa shape index (κ2) is 8.64. The number of rotatable bonds is 5. The van der Waals surface area contributed by atoms with Crippen molar-refractivity contribution in [2.75, 3.05) is 37.9 Å². The molecule has 172 valence electrons. The molecule has 3 heterocycles. The van der Waals surface area contributed by atoms with E-state index in [0.717, 1.165) is 22.6 Å². The Hall–Kier alpha value is -3.17. The number of fused-ring (bicyclic) bond motifs is 1. The summed E-state index contributed by atoms with van der Waals surface area (Å²) < 4.78 is 38.6. The molecule has 0 bridgehead atoms. The molecule has 8 nitrogen and oxygen atoms in total. The first kappa shape index (κ1) is 21.7. The molecule has 5 rings (SSSR count). The number of anilines is 1. The average Bonchev–Trinajstić information content (AvgIpc) is 3.32. The zero-order valence-electron chi connectivity index (χ0n) is 18.6. The van der Waals surface area contributed by atoms with Crippen LogP contribution in [0.4, 0.5) is 5.95 Å². The molecule has 9 heteroatoms. The third-order valence-electron chi connectivity index (χ3n) is 6.02. The van der Waals surface area contributed by atoms with Crippen molar-refractivity contribution in [1.82, 2.24) is 14.3 Å². The fourth-order valence-corrected chi connectivity index (χ4v) is 5.44. The van der Waals surface area contributed by atoms with E-state index < -0.39 is 10.0 Å². The Morgan fingerprint density at radius 2 is 1.64 bits per heavy atom. The Balaban J connectivity index is 1.29. The van der Waals surface area contributed by atoms with Crippen LogP contribution in [0, 0.1) is 0 Å². The molecule has 0 spiro atoms. The predicted octanol–water partition coefficient (Wildman–Crippen LogP) is 3.51. The minimum absolute atomic E-state index is 0.225. The third-order valence-corrected chi connectivity index (χ3v) is 7.93. The van der Waals surface area contributed by atoms with Crippen molar-refractivity contribution in [3.8, 4) is 22.8 Å². The summed E-state index contributed by atoms with van der Waals surface area (Å²) in [6.45, 7) is 6.21. The molecule has 2 aliphatic rings. The van der Waals surface area contributed by atoms with E-state index in [1.807, 2.05) is 41.3 Å². The van der Waals surface area contributed by atoms with E-state index in [0.29, 0.717) is 48.7 Å². The Morgan fingerprint density at radius 3 is 2.36 bits per heavy atom. The average molecular weight is 467 g/mol. The van der Waals surface area contributed by atoms with Gasteiger partial charge in [-0.1, -0.05) is 26.0 Å².